The summed E-state index contributed by atoms with van der Waals surface area (Å²) in [6, 6.07) is 4.95. The molecule has 1 amide bonds. The Labute approximate surface area is 160 Å². The van der Waals surface area contributed by atoms with Gasteiger partial charge in [-0.1, -0.05) is 12.2 Å². The second kappa shape index (κ2) is 8.46. The monoisotopic (exact) mass is 401 g/mol. The Morgan fingerprint density at radius 2 is 2.24 bits per heavy atom. The van der Waals surface area contributed by atoms with Crippen LogP contribution in [0.25, 0.3) is 0 Å². The van der Waals surface area contributed by atoms with Gasteiger partial charge in [0, 0.05) is 24.6 Å². The van der Waals surface area contributed by atoms with Crippen LogP contribution < -0.4 is 15.1 Å². The molecule has 1 aromatic rings. The Balaban J connectivity index is 1.66. The van der Waals surface area contributed by atoms with Crippen molar-refractivity contribution in [2.45, 2.75) is 6.10 Å². The van der Waals surface area contributed by atoms with E-state index in [4.69, 9.17) is 17.0 Å². The molecule has 0 unspecified atom stereocenters. The fraction of sp³-hybridized carbons (Fsp3) is 0.500. The second-order valence-electron chi connectivity index (χ2n) is 5.72. The van der Waals surface area contributed by atoms with Crippen LogP contribution >= 0.6 is 35.7 Å². The van der Waals surface area contributed by atoms with Crippen molar-refractivity contribution in [1.82, 2.24) is 5.32 Å². The molecule has 2 saturated heterocycles. The normalized spacial score (nSPS) is 20.6. The van der Waals surface area contributed by atoms with Gasteiger partial charge in [0.25, 0.3) is 0 Å². The highest BCUT2D eigenvalue weighted by Gasteiger charge is 2.32. The van der Waals surface area contributed by atoms with E-state index in [1.54, 1.807) is 12.1 Å². The largest absolute Gasteiger partial charge is 0.442 e. The molecule has 0 radical (unpaired) electrons. The average Bonchev–Trinajstić information content (AvgIpc) is 3.01. The number of halogens is 1. The average molecular weight is 402 g/mol. The number of nitrogens with one attached hydrogen (secondary N) is 1. The standard InChI is InChI=1S/C16H20FN3O2S3/c1-24-15(23)18-9-12-10-20(16(21)22-12)11-2-3-14(13(17)8-11)19-4-6-25-7-5-19/h2-3,8,12H,4-7,9-10H2,1H3,(H,18,23)/t12-/m0/s1. The van der Waals surface area contributed by atoms with E-state index in [1.165, 1.54) is 22.7 Å². The number of rotatable bonds is 4. The summed E-state index contributed by atoms with van der Waals surface area (Å²) in [5, 5.41) is 3.04. The van der Waals surface area contributed by atoms with Crippen molar-refractivity contribution in [2.75, 3.05) is 53.7 Å². The van der Waals surface area contributed by atoms with E-state index in [1.807, 2.05) is 22.9 Å². The predicted molar refractivity (Wildman–Crippen MR) is 108 cm³/mol. The first-order chi connectivity index (χ1) is 12.1. The van der Waals surface area contributed by atoms with Crippen LogP contribution in [-0.4, -0.2) is 60.5 Å². The third-order valence-electron chi connectivity index (χ3n) is 4.13. The highest BCUT2D eigenvalue weighted by molar-refractivity contribution is 8.22. The fourth-order valence-electron chi connectivity index (χ4n) is 2.83. The van der Waals surface area contributed by atoms with Gasteiger partial charge in [0.2, 0.25) is 0 Å². The molecule has 9 heteroatoms. The Bertz CT molecular complexity index is 656. The first kappa shape index (κ1) is 18.6. The van der Waals surface area contributed by atoms with Crippen LogP contribution in [0.2, 0.25) is 0 Å². The van der Waals surface area contributed by atoms with Gasteiger partial charge in [-0.25, -0.2) is 9.18 Å². The summed E-state index contributed by atoms with van der Waals surface area (Å²) < 4.78 is 20.5. The molecule has 0 saturated carbocycles. The van der Waals surface area contributed by atoms with Gasteiger partial charge in [0.1, 0.15) is 16.2 Å². The molecule has 0 aliphatic carbocycles. The maximum absolute atomic E-state index is 14.6. The van der Waals surface area contributed by atoms with Crippen LogP contribution in [-0.2, 0) is 4.74 Å². The summed E-state index contributed by atoms with van der Waals surface area (Å²) in [4.78, 5) is 15.6. The van der Waals surface area contributed by atoms with Crippen LogP contribution in [0.5, 0.6) is 0 Å². The first-order valence-corrected chi connectivity index (χ1v) is 10.8. The number of anilines is 2. The van der Waals surface area contributed by atoms with E-state index in [2.05, 4.69) is 5.32 Å². The zero-order valence-electron chi connectivity index (χ0n) is 13.9. The maximum atomic E-state index is 14.6. The number of ether oxygens (including phenoxy) is 1. The molecule has 3 rings (SSSR count). The van der Waals surface area contributed by atoms with Crippen molar-refractivity contribution in [3.63, 3.8) is 0 Å². The third kappa shape index (κ3) is 4.51. The van der Waals surface area contributed by atoms with E-state index in [9.17, 15) is 9.18 Å². The predicted octanol–water partition coefficient (Wildman–Crippen LogP) is 2.94. The number of benzene rings is 1. The van der Waals surface area contributed by atoms with Crippen molar-refractivity contribution < 1.29 is 13.9 Å². The molecule has 5 nitrogen and oxygen atoms in total. The summed E-state index contributed by atoms with van der Waals surface area (Å²) >= 11 is 8.39. The molecule has 2 fully saturated rings. The number of carbonyl (C=O) groups is 1. The summed E-state index contributed by atoms with van der Waals surface area (Å²) in [7, 11) is 0. The minimum atomic E-state index is -0.455. The molecule has 0 aromatic heterocycles. The highest BCUT2D eigenvalue weighted by atomic mass is 32.2. The SMILES string of the molecule is CSC(=S)NC[C@H]1CN(c2ccc(N3CCSCC3)c(F)c2)C(=O)O1. The number of hydrogen-bond donors (Lipinski definition) is 1. The van der Waals surface area contributed by atoms with E-state index in [0.29, 0.717) is 28.8 Å². The van der Waals surface area contributed by atoms with Crippen molar-refractivity contribution in [3.05, 3.63) is 24.0 Å². The molecule has 2 aliphatic rings. The molecule has 2 heterocycles. The zero-order valence-corrected chi connectivity index (χ0v) is 16.3. The van der Waals surface area contributed by atoms with Gasteiger partial charge >= 0.3 is 6.09 Å². The number of hydrogen-bond acceptors (Lipinski definition) is 6. The minimum Gasteiger partial charge on any atom is -0.442 e. The maximum Gasteiger partial charge on any atom is 0.414 e. The Kier molecular flexibility index (Phi) is 6.29. The quantitative estimate of drug-likeness (QED) is 0.778. The molecule has 0 spiro atoms. The number of carbonyl (C=O) groups excluding carboxylic acids is 1. The number of nitrogens with zero attached hydrogens (tertiary/aromatic N) is 2. The summed E-state index contributed by atoms with van der Waals surface area (Å²) in [6.45, 7) is 2.52. The highest BCUT2D eigenvalue weighted by Crippen LogP contribution is 2.29. The number of thiocarbonyl (C=S) groups is 1. The Morgan fingerprint density at radius 3 is 2.92 bits per heavy atom. The number of cyclic esters (lactones) is 1. The summed E-state index contributed by atoms with van der Waals surface area (Å²) in [5.41, 5.74) is 1.12. The number of thioether (sulfide) groups is 2. The lowest BCUT2D eigenvalue weighted by atomic mass is 10.2. The second-order valence-corrected chi connectivity index (χ2v) is 8.43. The van der Waals surface area contributed by atoms with Gasteiger partial charge < -0.3 is 15.0 Å². The van der Waals surface area contributed by atoms with Gasteiger partial charge in [-0.3, -0.25) is 4.90 Å². The minimum absolute atomic E-state index is 0.303. The topological polar surface area (TPSA) is 44.8 Å². The first-order valence-electron chi connectivity index (χ1n) is 8.00. The van der Waals surface area contributed by atoms with E-state index in [0.717, 1.165) is 24.6 Å². The summed E-state index contributed by atoms with van der Waals surface area (Å²) in [6.07, 6.45) is 1.12. The lowest BCUT2D eigenvalue weighted by Gasteiger charge is -2.29. The van der Waals surface area contributed by atoms with Crippen molar-refractivity contribution in [3.8, 4) is 0 Å². The van der Waals surface area contributed by atoms with Gasteiger partial charge in [-0.15, -0.1) is 11.8 Å². The van der Waals surface area contributed by atoms with Gasteiger partial charge in [-0.05, 0) is 24.5 Å². The Morgan fingerprint density at radius 1 is 1.48 bits per heavy atom. The van der Waals surface area contributed by atoms with Gasteiger partial charge in [-0.2, -0.15) is 11.8 Å². The van der Waals surface area contributed by atoms with Crippen LogP contribution in [0.3, 0.4) is 0 Å². The number of amides is 1. The molecular formula is C16H20FN3O2S3. The van der Waals surface area contributed by atoms with E-state index < -0.39 is 6.09 Å². The molecule has 1 N–H and O–H groups in total. The molecule has 1 aromatic carbocycles. The molecular weight excluding hydrogens is 381 g/mol. The summed E-state index contributed by atoms with van der Waals surface area (Å²) in [5.74, 6) is 1.71. The molecule has 1 atom stereocenters. The van der Waals surface area contributed by atoms with Crippen LogP contribution in [0, 0.1) is 5.82 Å². The molecule has 0 bridgehead atoms. The van der Waals surface area contributed by atoms with Gasteiger partial charge in [0.05, 0.1) is 24.5 Å². The smallest absolute Gasteiger partial charge is 0.414 e. The molecule has 136 valence electrons. The fourth-order valence-corrected chi connectivity index (χ4v) is 4.05. The third-order valence-corrected chi connectivity index (χ3v) is 6.23. The van der Waals surface area contributed by atoms with Crippen molar-refractivity contribution in [2.24, 2.45) is 0 Å². The van der Waals surface area contributed by atoms with E-state index >= 15 is 0 Å². The van der Waals surface area contributed by atoms with E-state index in [-0.39, 0.29) is 11.9 Å². The van der Waals surface area contributed by atoms with Crippen LogP contribution in [0.1, 0.15) is 0 Å². The van der Waals surface area contributed by atoms with Crippen molar-refractivity contribution in [1.29, 1.82) is 0 Å². The van der Waals surface area contributed by atoms with Crippen molar-refractivity contribution >= 4 is 57.5 Å². The van der Waals surface area contributed by atoms with Gasteiger partial charge in [0.15, 0.2) is 0 Å². The zero-order chi connectivity index (χ0) is 17.8. The molecule has 25 heavy (non-hydrogen) atoms. The van der Waals surface area contributed by atoms with Crippen LogP contribution in [0.4, 0.5) is 20.6 Å². The lowest BCUT2D eigenvalue weighted by molar-refractivity contribution is 0.143. The van der Waals surface area contributed by atoms with Crippen LogP contribution in [0.15, 0.2) is 18.2 Å². The Hall–Kier alpha value is -1.19. The lowest BCUT2D eigenvalue weighted by Crippen LogP contribution is -2.33. The molecule has 2 aliphatic heterocycles.